The van der Waals surface area contributed by atoms with Gasteiger partial charge in [0, 0.05) is 4.47 Å². The molecule has 0 bridgehead atoms. The molecule has 1 atom stereocenters. The number of methoxy groups -OCH3 is 2. The number of halogens is 1. The molecule has 2 aromatic carbocycles. The zero-order valence-electron chi connectivity index (χ0n) is 11.4. The van der Waals surface area contributed by atoms with E-state index in [1.54, 1.807) is 14.2 Å². The third-order valence-corrected chi connectivity index (χ3v) is 4.31. The van der Waals surface area contributed by atoms with Crippen LogP contribution in [0.2, 0.25) is 0 Å². The van der Waals surface area contributed by atoms with E-state index in [4.69, 9.17) is 9.47 Å². The SMILES string of the molecule is COc1ccc(C2Cc3cccc(Br)c3N2)cc1OC. The lowest BCUT2D eigenvalue weighted by molar-refractivity contribution is 0.354. The third kappa shape index (κ3) is 2.24. The third-order valence-electron chi connectivity index (χ3n) is 3.65. The fraction of sp³-hybridized carbons (Fsp3) is 0.250. The molecule has 4 heteroatoms. The first-order chi connectivity index (χ1) is 9.72. The summed E-state index contributed by atoms with van der Waals surface area (Å²) in [5, 5.41) is 3.56. The van der Waals surface area contributed by atoms with Crippen LogP contribution in [0.15, 0.2) is 40.9 Å². The highest BCUT2D eigenvalue weighted by Gasteiger charge is 2.24. The van der Waals surface area contributed by atoms with Crippen LogP contribution in [-0.2, 0) is 6.42 Å². The minimum atomic E-state index is 0.267. The Morgan fingerprint density at radius 3 is 2.60 bits per heavy atom. The highest BCUT2D eigenvalue weighted by Crippen LogP contribution is 2.40. The maximum Gasteiger partial charge on any atom is 0.161 e. The summed E-state index contributed by atoms with van der Waals surface area (Å²) in [6.45, 7) is 0. The van der Waals surface area contributed by atoms with Crippen LogP contribution in [0, 0.1) is 0 Å². The van der Waals surface area contributed by atoms with Crippen LogP contribution in [0.5, 0.6) is 11.5 Å². The summed E-state index contributed by atoms with van der Waals surface area (Å²) < 4.78 is 11.8. The van der Waals surface area contributed by atoms with E-state index in [2.05, 4.69) is 45.5 Å². The van der Waals surface area contributed by atoms with Crippen molar-refractivity contribution in [2.45, 2.75) is 12.5 Å². The van der Waals surface area contributed by atoms with Crippen LogP contribution < -0.4 is 14.8 Å². The first-order valence-electron chi connectivity index (χ1n) is 6.48. The molecule has 0 aromatic heterocycles. The Labute approximate surface area is 127 Å². The van der Waals surface area contributed by atoms with E-state index in [9.17, 15) is 0 Å². The number of anilines is 1. The molecule has 20 heavy (non-hydrogen) atoms. The van der Waals surface area contributed by atoms with E-state index in [-0.39, 0.29) is 6.04 Å². The van der Waals surface area contributed by atoms with Crippen LogP contribution in [0.1, 0.15) is 17.2 Å². The van der Waals surface area contributed by atoms with Crippen molar-refractivity contribution in [1.82, 2.24) is 0 Å². The lowest BCUT2D eigenvalue weighted by atomic mass is 10.0. The number of nitrogens with one attached hydrogen (secondary N) is 1. The fourth-order valence-electron chi connectivity index (χ4n) is 2.62. The summed E-state index contributed by atoms with van der Waals surface area (Å²) in [4.78, 5) is 0. The van der Waals surface area contributed by atoms with Gasteiger partial charge in [0.1, 0.15) is 0 Å². The zero-order chi connectivity index (χ0) is 14.1. The van der Waals surface area contributed by atoms with Gasteiger partial charge < -0.3 is 14.8 Å². The van der Waals surface area contributed by atoms with Crippen molar-refractivity contribution in [1.29, 1.82) is 0 Å². The molecule has 104 valence electrons. The molecule has 1 unspecified atom stereocenters. The number of benzene rings is 2. The number of ether oxygens (including phenoxy) is 2. The van der Waals surface area contributed by atoms with E-state index in [1.807, 2.05) is 12.1 Å². The standard InChI is InChI=1S/C16H16BrNO2/c1-19-14-7-6-10(9-15(14)20-2)13-8-11-4-3-5-12(17)16(11)18-13/h3-7,9,13,18H,8H2,1-2H3. The van der Waals surface area contributed by atoms with Gasteiger partial charge in [-0.2, -0.15) is 0 Å². The van der Waals surface area contributed by atoms with Crippen LogP contribution >= 0.6 is 15.9 Å². The van der Waals surface area contributed by atoms with E-state index in [0.29, 0.717) is 0 Å². The van der Waals surface area contributed by atoms with E-state index < -0.39 is 0 Å². The molecule has 0 saturated heterocycles. The molecule has 3 rings (SSSR count). The summed E-state index contributed by atoms with van der Waals surface area (Å²) in [6.07, 6.45) is 0.976. The summed E-state index contributed by atoms with van der Waals surface area (Å²) >= 11 is 3.59. The van der Waals surface area contributed by atoms with Gasteiger partial charge in [-0.15, -0.1) is 0 Å². The second-order valence-electron chi connectivity index (χ2n) is 4.79. The Bertz CT molecular complexity index is 642. The first kappa shape index (κ1) is 13.3. The van der Waals surface area contributed by atoms with Crippen molar-refractivity contribution in [3.8, 4) is 11.5 Å². The number of para-hydroxylation sites is 1. The molecular formula is C16H16BrNO2. The second-order valence-corrected chi connectivity index (χ2v) is 5.64. The predicted molar refractivity (Wildman–Crippen MR) is 83.8 cm³/mol. The summed E-state index contributed by atoms with van der Waals surface area (Å²) in [7, 11) is 3.31. The molecular weight excluding hydrogens is 318 g/mol. The zero-order valence-corrected chi connectivity index (χ0v) is 13.0. The molecule has 1 aliphatic rings. The topological polar surface area (TPSA) is 30.5 Å². The van der Waals surface area contributed by atoms with Crippen LogP contribution in [0.25, 0.3) is 0 Å². The Morgan fingerprint density at radius 1 is 1.10 bits per heavy atom. The van der Waals surface area contributed by atoms with Crippen LogP contribution in [-0.4, -0.2) is 14.2 Å². The molecule has 0 fully saturated rings. The Balaban J connectivity index is 1.91. The summed E-state index contributed by atoms with van der Waals surface area (Å²) in [5.41, 5.74) is 3.72. The number of rotatable bonds is 3. The summed E-state index contributed by atoms with van der Waals surface area (Å²) in [5.74, 6) is 1.52. The van der Waals surface area contributed by atoms with Gasteiger partial charge in [-0.3, -0.25) is 0 Å². The molecule has 0 aliphatic carbocycles. The maximum atomic E-state index is 5.38. The quantitative estimate of drug-likeness (QED) is 0.914. The van der Waals surface area contributed by atoms with Gasteiger partial charge in [0.15, 0.2) is 11.5 Å². The highest BCUT2D eigenvalue weighted by molar-refractivity contribution is 9.10. The monoisotopic (exact) mass is 333 g/mol. The van der Waals surface area contributed by atoms with Crippen LogP contribution in [0.4, 0.5) is 5.69 Å². The van der Waals surface area contributed by atoms with Crippen molar-refractivity contribution in [2.75, 3.05) is 19.5 Å². The average Bonchev–Trinajstić information content (AvgIpc) is 2.92. The van der Waals surface area contributed by atoms with Gasteiger partial charge in [-0.25, -0.2) is 0 Å². The molecule has 0 radical (unpaired) electrons. The van der Waals surface area contributed by atoms with E-state index in [1.165, 1.54) is 16.8 Å². The van der Waals surface area contributed by atoms with Gasteiger partial charge in [0.2, 0.25) is 0 Å². The van der Waals surface area contributed by atoms with Gasteiger partial charge in [-0.05, 0) is 51.7 Å². The average molecular weight is 334 g/mol. The molecule has 3 nitrogen and oxygen atoms in total. The lowest BCUT2D eigenvalue weighted by Gasteiger charge is -2.15. The molecule has 0 amide bonds. The minimum absolute atomic E-state index is 0.267. The van der Waals surface area contributed by atoms with E-state index in [0.717, 1.165) is 22.4 Å². The highest BCUT2D eigenvalue weighted by atomic mass is 79.9. The molecule has 1 heterocycles. The van der Waals surface area contributed by atoms with E-state index >= 15 is 0 Å². The molecule has 0 spiro atoms. The summed E-state index contributed by atoms with van der Waals surface area (Å²) in [6, 6.07) is 12.6. The van der Waals surface area contributed by atoms with Crippen LogP contribution in [0.3, 0.4) is 0 Å². The predicted octanol–water partition coefficient (Wildman–Crippen LogP) is 4.18. The fourth-order valence-corrected chi connectivity index (χ4v) is 3.14. The van der Waals surface area contributed by atoms with Crippen molar-refractivity contribution in [2.24, 2.45) is 0 Å². The van der Waals surface area contributed by atoms with Gasteiger partial charge in [-0.1, -0.05) is 18.2 Å². The second kappa shape index (κ2) is 5.37. The number of hydrogen-bond acceptors (Lipinski definition) is 3. The van der Waals surface area contributed by atoms with Gasteiger partial charge in [0.25, 0.3) is 0 Å². The van der Waals surface area contributed by atoms with Gasteiger partial charge in [0.05, 0.1) is 25.9 Å². The Hall–Kier alpha value is -1.68. The minimum Gasteiger partial charge on any atom is -0.493 e. The first-order valence-corrected chi connectivity index (χ1v) is 7.28. The van der Waals surface area contributed by atoms with Gasteiger partial charge >= 0.3 is 0 Å². The Kier molecular flexibility index (Phi) is 3.57. The van der Waals surface area contributed by atoms with Crippen molar-refractivity contribution >= 4 is 21.6 Å². The Morgan fingerprint density at radius 2 is 1.90 bits per heavy atom. The molecule has 0 saturated carbocycles. The van der Waals surface area contributed by atoms with Crippen molar-refractivity contribution < 1.29 is 9.47 Å². The maximum absolute atomic E-state index is 5.38. The van der Waals surface area contributed by atoms with Crippen molar-refractivity contribution in [3.63, 3.8) is 0 Å². The smallest absolute Gasteiger partial charge is 0.161 e. The molecule has 2 aromatic rings. The largest absolute Gasteiger partial charge is 0.493 e. The number of fused-ring (bicyclic) bond motifs is 1. The normalized spacial score (nSPS) is 16.4. The molecule has 1 N–H and O–H groups in total. The lowest BCUT2D eigenvalue weighted by Crippen LogP contribution is -2.06. The number of hydrogen-bond donors (Lipinski definition) is 1. The molecule has 1 aliphatic heterocycles. The van der Waals surface area contributed by atoms with Crippen molar-refractivity contribution in [3.05, 3.63) is 52.0 Å².